The fourth-order valence-electron chi connectivity index (χ4n) is 2.49. The van der Waals surface area contributed by atoms with Gasteiger partial charge in [0.05, 0.1) is 5.60 Å². The summed E-state index contributed by atoms with van der Waals surface area (Å²) < 4.78 is 32.6. The molecule has 0 aromatic heterocycles. The van der Waals surface area contributed by atoms with E-state index in [-0.39, 0.29) is 16.0 Å². The van der Waals surface area contributed by atoms with Crippen LogP contribution in [-0.2, 0) is 11.2 Å². The summed E-state index contributed by atoms with van der Waals surface area (Å²) in [5.41, 5.74) is 0.0700. The lowest BCUT2D eigenvalue weighted by Crippen LogP contribution is -2.41. The van der Waals surface area contributed by atoms with Crippen molar-refractivity contribution < 1.29 is 13.5 Å². The van der Waals surface area contributed by atoms with Crippen molar-refractivity contribution in [3.8, 4) is 0 Å². The molecule has 0 radical (unpaired) electrons. The zero-order chi connectivity index (χ0) is 13.2. The number of hydrogen-bond acceptors (Lipinski definition) is 1. The molecule has 18 heavy (non-hydrogen) atoms. The maximum Gasteiger partial charge on any atom is 0.129 e. The molecule has 0 saturated heterocycles. The van der Waals surface area contributed by atoms with Gasteiger partial charge in [-0.3, -0.25) is 0 Å². The number of methoxy groups -OCH3 is 1. The van der Waals surface area contributed by atoms with Crippen molar-refractivity contribution in [3.63, 3.8) is 0 Å². The Morgan fingerprint density at radius 3 is 2.39 bits per heavy atom. The van der Waals surface area contributed by atoms with Crippen LogP contribution in [0.2, 0.25) is 0 Å². The highest BCUT2D eigenvalue weighted by Crippen LogP contribution is 2.40. The first-order valence-corrected chi connectivity index (χ1v) is 7.10. The van der Waals surface area contributed by atoms with Gasteiger partial charge in [0, 0.05) is 17.5 Å². The Morgan fingerprint density at radius 2 is 1.94 bits per heavy atom. The Morgan fingerprint density at radius 1 is 1.33 bits per heavy atom. The van der Waals surface area contributed by atoms with E-state index in [4.69, 9.17) is 4.74 Å². The van der Waals surface area contributed by atoms with Gasteiger partial charge >= 0.3 is 0 Å². The van der Waals surface area contributed by atoms with Gasteiger partial charge < -0.3 is 4.74 Å². The third kappa shape index (κ3) is 2.91. The summed E-state index contributed by atoms with van der Waals surface area (Å²) in [5.74, 6) is -0.945. The quantitative estimate of drug-likeness (QED) is 0.738. The molecule has 1 nitrogen and oxygen atoms in total. The molecule has 2 rings (SSSR count). The molecule has 1 atom stereocenters. The zero-order valence-electron chi connectivity index (χ0n) is 10.4. The van der Waals surface area contributed by atoms with Gasteiger partial charge in [-0.25, -0.2) is 8.78 Å². The third-order valence-corrected chi connectivity index (χ3v) is 4.43. The number of benzene rings is 1. The van der Waals surface area contributed by atoms with E-state index in [9.17, 15) is 8.78 Å². The first-order chi connectivity index (χ1) is 8.56. The summed E-state index contributed by atoms with van der Waals surface area (Å²) in [5, 5.41) is 0. The first kappa shape index (κ1) is 13.9. The maximum absolute atomic E-state index is 13.5. The average Bonchev–Trinajstić information content (AvgIpc) is 2.29. The van der Waals surface area contributed by atoms with Crippen molar-refractivity contribution in [1.29, 1.82) is 0 Å². The van der Waals surface area contributed by atoms with Gasteiger partial charge in [-0.15, -0.1) is 0 Å². The van der Waals surface area contributed by atoms with Crippen LogP contribution in [0.25, 0.3) is 0 Å². The Bertz CT molecular complexity index is 392. The van der Waals surface area contributed by atoms with Gasteiger partial charge in [0.25, 0.3) is 0 Å². The van der Waals surface area contributed by atoms with Crippen molar-refractivity contribution in [1.82, 2.24) is 0 Å². The molecule has 1 aliphatic rings. The lowest BCUT2D eigenvalue weighted by atomic mass is 9.76. The second-order valence-electron chi connectivity index (χ2n) is 4.95. The van der Waals surface area contributed by atoms with Crippen molar-refractivity contribution in [2.24, 2.45) is 0 Å². The second kappa shape index (κ2) is 5.66. The maximum atomic E-state index is 13.5. The smallest absolute Gasteiger partial charge is 0.129 e. The molecule has 1 aliphatic carbocycles. The molecule has 4 heteroatoms. The second-order valence-corrected chi connectivity index (χ2v) is 6.24. The van der Waals surface area contributed by atoms with Gasteiger partial charge in [-0.2, -0.15) is 0 Å². The molecule has 1 aromatic rings. The van der Waals surface area contributed by atoms with Gasteiger partial charge in [0.2, 0.25) is 0 Å². The van der Waals surface area contributed by atoms with Crippen molar-refractivity contribution in [2.75, 3.05) is 7.11 Å². The van der Waals surface area contributed by atoms with Crippen molar-refractivity contribution in [2.45, 2.75) is 42.5 Å². The largest absolute Gasteiger partial charge is 0.378 e. The summed E-state index contributed by atoms with van der Waals surface area (Å²) >= 11 is 3.52. The van der Waals surface area contributed by atoms with Crippen LogP contribution in [-0.4, -0.2) is 17.5 Å². The minimum absolute atomic E-state index is 0.0316. The minimum atomic E-state index is -0.473. The molecule has 0 amide bonds. The Labute approximate surface area is 115 Å². The van der Waals surface area contributed by atoms with E-state index in [1.54, 1.807) is 7.11 Å². The Hall–Kier alpha value is -0.480. The molecular weight excluding hydrogens is 302 g/mol. The molecule has 1 unspecified atom stereocenters. The molecule has 100 valence electrons. The highest BCUT2D eigenvalue weighted by Gasteiger charge is 2.38. The lowest BCUT2D eigenvalue weighted by molar-refractivity contribution is -0.0771. The summed E-state index contributed by atoms with van der Waals surface area (Å²) in [7, 11) is 1.71. The van der Waals surface area contributed by atoms with E-state index in [1.807, 2.05) is 0 Å². The van der Waals surface area contributed by atoms with Crippen molar-refractivity contribution >= 4 is 15.9 Å². The number of ether oxygens (including phenoxy) is 1. The van der Waals surface area contributed by atoms with Crippen LogP contribution >= 0.6 is 15.9 Å². The van der Waals surface area contributed by atoms with E-state index < -0.39 is 11.6 Å². The molecule has 1 aromatic carbocycles. The number of rotatable bonds is 5. The fraction of sp³-hybridized carbons (Fsp3) is 0.571. The Balaban J connectivity index is 2.01. The van der Waals surface area contributed by atoms with Gasteiger partial charge in [0.15, 0.2) is 0 Å². The molecule has 0 aliphatic heterocycles. The molecule has 0 spiro atoms. The third-order valence-electron chi connectivity index (χ3n) is 3.78. The van der Waals surface area contributed by atoms with Gasteiger partial charge in [-0.1, -0.05) is 22.0 Å². The predicted molar refractivity (Wildman–Crippen MR) is 71.0 cm³/mol. The summed E-state index contributed by atoms with van der Waals surface area (Å²) in [4.78, 5) is 0.0316. The standard InChI is InChI=1S/C14H17BrF2O/c1-18-14(6-3-7-14)9-10(15)8-11-12(16)4-2-5-13(11)17/h2,4-5,10H,3,6-9H2,1H3. The summed E-state index contributed by atoms with van der Waals surface area (Å²) in [6.45, 7) is 0. The highest BCUT2D eigenvalue weighted by molar-refractivity contribution is 9.09. The van der Waals surface area contributed by atoms with Crippen LogP contribution in [0.1, 0.15) is 31.2 Å². The number of halogens is 3. The van der Waals surface area contributed by atoms with Crippen molar-refractivity contribution in [3.05, 3.63) is 35.4 Å². The van der Waals surface area contributed by atoms with Crippen LogP contribution in [0, 0.1) is 11.6 Å². The van der Waals surface area contributed by atoms with E-state index in [0.717, 1.165) is 19.3 Å². The lowest BCUT2D eigenvalue weighted by Gasteiger charge is -2.42. The molecule has 0 heterocycles. The van der Waals surface area contributed by atoms with Crippen LogP contribution in [0.15, 0.2) is 18.2 Å². The van der Waals surface area contributed by atoms with Crippen LogP contribution in [0.3, 0.4) is 0 Å². The van der Waals surface area contributed by atoms with Crippen LogP contribution in [0.4, 0.5) is 8.78 Å². The molecule has 0 bridgehead atoms. The van der Waals surface area contributed by atoms with Crippen LogP contribution < -0.4 is 0 Å². The zero-order valence-corrected chi connectivity index (χ0v) is 12.0. The number of hydrogen-bond donors (Lipinski definition) is 0. The molecule has 0 N–H and O–H groups in total. The molecule has 1 saturated carbocycles. The van der Waals surface area contributed by atoms with Gasteiger partial charge in [-0.05, 0) is 44.2 Å². The van der Waals surface area contributed by atoms with E-state index >= 15 is 0 Å². The normalized spacial score (nSPS) is 19.3. The number of alkyl halides is 1. The van der Waals surface area contributed by atoms with E-state index in [2.05, 4.69) is 15.9 Å². The fourth-order valence-corrected chi connectivity index (χ4v) is 3.40. The van der Waals surface area contributed by atoms with E-state index in [1.165, 1.54) is 24.6 Å². The SMILES string of the molecule is COC1(CC(Br)Cc2c(F)cccc2F)CCC1. The monoisotopic (exact) mass is 318 g/mol. The topological polar surface area (TPSA) is 9.23 Å². The highest BCUT2D eigenvalue weighted by atomic mass is 79.9. The predicted octanol–water partition coefficient (Wildman–Crippen LogP) is 4.23. The van der Waals surface area contributed by atoms with Gasteiger partial charge in [0.1, 0.15) is 11.6 Å². The van der Waals surface area contributed by atoms with Crippen LogP contribution in [0.5, 0.6) is 0 Å². The first-order valence-electron chi connectivity index (χ1n) is 6.18. The summed E-state index contributed by atoms with van der Waals surface area (Å²) in [6.07, 6.45) is 4.37. The summed E-state index contributed by atoms with van der Waals surface area (Å²) in [6, 6.07) is 3.99. The van der Waals surface area contributed by atoms with E-state index in [0.29, 0.717) is 6.42 Å². The average molecular weight is 319 g/mol. The Kier molecular flexibility index (Phi) is 4.38. The molecular formula is C14H17BrF2O. The molecule has 1 fully saturated rings. The minimum Gasteiger partial charge on any atom is -0.378 e.